The first-order valence-corrected chi connectivity index (χ1v) is 4.62. The van der Waals surface area contributed by atoms with Crippen molar-refractivity contribution < 1.29 is 49.9 Å². The molecule has 0 saturated carbocycles. The quantitative estimate of drug-likeness (QED) is 0.474. The summed E-state index contributed by atoms with van der Waals surface area (Å²) in [7, 11) is 1.41. The van der Waals surface area contributed by atoms with Crippen LogP contribution < -0.4 is 4.74 Å². The van der Waals surface area contributed by atoms with Crippen LogP contribution in [0.1, 0.15) is 16.8 Å². The molecule has 18 heavy (non-hydrogen) atoms. The fourth-order valence-electron chi connectivity index (χ4n) is 1.17. The van der Waals surface area contributed by atoms with Gasteiger partial charge < -0.3 is 4.74 Å². The van der Waals surface area contributed by atoms with Gasteiger partial charge in [-0.1, -0.05) is 0 Å². The Morgan fingerprint density at radius 3 is 2.06 bits per heavy atom. The standard InChI is InChI=1S/C11H9F3O3.Ag/c1-17-8-4-2-7(3-5-8)10(16)9(15)6-11(12,13)14;/h2-5H,6H2,1H3;. The van der Waals surface area contributed by atoms with Crippen LogP contribution in [0.15, 0.2) is 24.3 Å². The molecular formula is C11H9AgF3O3. The number of hydrogen-bond acceptors (Lipinski definition) is 3. The maximum absolute atomic E-state index is 11.9. The molecule has 0 unspecified atom stereocenters. The zero-order valence-electron chi connectivity index (χ0n) is 9.18. The van der Waals surface area contributed by atoms with Gasteiger partial charge in [0.2, 0.25) is 11.6 Å². The Morgan fingerprint density at radius 2 is 1.67 bits per heavy atom. The predicted molar refractivity (Wildman–Crippen MR) is 53.0 cm³/mol. The normalized spacial score (nSPS) is 10.4. The second-order valence-electron chi connectivity index (χ2n) is 3.27. The SMILES string of the molecule is COc1ccc(C(=O)C(=O)CC(F)(F)F)cc1.[Ag]. The summed E-state index contributed by atoms with van der Waals surface area (Å²) in [6.07, 6.45) is -6.41. The summed E-state index contributed by atoms with van der Waals surface area (Å²) in [6.45, 7) is 0. The van der Waals surface area contributed by atoms with Crippen LogP contribution >= 0.6 is 0 Å². The number of carbonyl (C=O) groups is 2. The van der Waals surface area contributed by atoms with Crippen LogP contribution in [0, 0.1) is 0 Å². The number of hydrogen-bond donors (Lipinski definition) is 0. The van der Waals surface area contributed by atoms with Crippen molar-refractivity contribution in [1.82, 2.24) is 0 Å². The predicted octanol–water partition coefficient (Wildman–Crippen LogP) is 2.40. The van der Waals surface area contributed by atoms with Gasteiger partial charge in [-0.05, 0) is 24.3 Å². The van der Waals surface area contributed by atoms with Crippen molar-refractivity contribution in [3.05, 3.63) is 29.8 Å². The zero-order valence-corrected chi connectivity index (χ0v) is 10.7. The van der Waals surface area contributed by atoms with Gasteiger partial charge in [-0.15, -0.1) is 0 Å². The monoisotopic (exact) mass is 353 g/mol. The molecule has 0 atom stereocenters. The second kappa shape index (κ2) is 6.72. The van der Waals surface area contributed by atoms with Crippen LogP contribution in [-0.4, -0.2) is 24.9 Å². The van der Waals surface area contributed by atoms with Crippen molar-refractivity contribution in [2.75, 3.05) is 7.11 Å². The molecule has 1 aromatic rings. The number of halogens is 3. The maximum Gasteiger partial charge on any atom is 0.396 e. The van der Waals surface area contributed by atoms with Crippen molar-refractivity contribution >= 4 is 11.6 Å². The molecule has 0 amide bonds. The van der Waals surface area contributed by atoms with Crippen molar-refractivity contribution in [2.24, 2.45) is 0 Å². The van der Waals surface area contributed by atoms with E-state index in [0.717, 1.165) is 0 Å². The first-order chi connectivity index (χ1) is 7.83. The molecule has 0 aliphatic carbocycles. The number of rotatable bonds is 4. The minimum atomic E-state index is -4.67. The maximum atomic E-state index is 11.9. The van der Waals surface area contributed by atoms with Gasteiger partial charge in [-0.2, -0.15) is 13.2 Å². The number of carbonyl (C=O) groups excluding carboxylic acids is 2. The molecule has 7 heteroatoms. The third kappa shape index (κ3) is 5.03. The summed E-state index contributed by atoms with van der Waals surface area (Å²) < 4.78 is 40.5. The molecule has 1 aromatic carbocycles. The molecule has 0 heterocycles. The van der Waals surface area contributed by atoms with Gasteiger partial charge in [0.1, 0.15) is 12.2 Å². The molecular weight excluding hydrogens is 345 g/mol. The molecule has 0 spiro atoms. The summed E-state index contributed by atoms with van der Waals surface area (Å²) in [5.74, 6) is -2.17. The van der Waals surface area contributed by atoms with E-state index in [1.54, 1.807) is 0 Å². The third-order valence-electron chi connectivity index (χ3n) is 1.97. The van der Waals surface area contributed by atoms with Gasteiger partial charge in [-0.3, -0.25) is 9.59 Å². The minimum absolute atomic E-state index is 0. The Bertz CT molecular complexity index is 426. The average Bonchev–Trinajstić information content (AvgIpc) is 2.26. The van der Waals surface area contributed by atoms with Gasteiger partial charge >= 0.3 is 6.18 Å². The molecule has 0 saturated heterocycles. The number of methoxy groups -OCH3 is 1. The van der Waals surface area contributed by atoms with Crippen molar-refractivity contribution in [3.63, 3.8) is 0 Å². The number of alkyl halides is 3. The molecule has 0 aliphatic rings. The fourth-order valence-corrected chi connectivity index (χ4v) is 1.17. The van der Waals surface area contributed by atoms with E-state index in [2.05, 4.69) is 0 Å². The Kier molecular flexibility index (Phi) is 6.31. The number of ketones is 2. The van der Waals surface area contributed by atoms with Crippen LogP contribution in [0.2, 0.25) is 0 Å². The van der Waals surface area contributed by atoms with Crippen LogP contribution in [0.25, 0.3) is 0 Å². The van der Waals surface area contributed by atoms with E-state index < -0.39 is 24.2 Å². The summed E-state index contributed by atoms with van der Waals surface area (Å²) in [6, 6.07) is 5.28. The van der Waals surface area contributed by atoms with E-state index in [1.165, 1.54) is 31.4 Å². The Morgan fingerprint density at radius 1 is 1.17 bits per heavy atom. The van der Waals surface area contributed by atoms with Gasteiger partial charge in [0.15, 0.2) is 0 Å². The van der Waals surface area contributed by atoms with Crippen molar-refractivity contribution in [2.45, 2.75) is 12.6 Å². The Balaban J connectivity index is 0.00000289. The Labute approximate surface area is 117 Å². The minimum Gasteiger partial charge on any atom is -0.497 e. The topological polar surface area (TPSA) is 43.4 Å². The molecule has 0 aromatic heterocycles. The summed E-state index contributed by atoms with van der Waals surface area (Å²) in [5, 5.41) is 0. The fraction of sp³-hybridized carbons (Fsp3) is 0.273. The third-order valence-corrected chi connectivity index (χ3v) is 1.97. The van der Waals surface area contributed by atoms with Gasteiger partial charge in [-0.25, -0.2) is 0 Å². The number of Topliss-reactive ketones (excluding diaryl/α,β-unsaturated/α-hetero) is 2. The van der Waals surface area contributed by atoms with E-state index in [-0.39, 0.29) is 27.9 Å². The van der Waals surface area contributed by atoms with E-state index in [0.29, 0.717) is 5.75 Å². The molecule has 0 aliphatic heterocycles. The first kappa shape index (κ1) is 16.9. The second-order valence-corrected chi connectivity index (χ2v) is 3.27. The molecule has 3 nitrogen and oxygen atoms in total. The van der Waals surface area contributed by atoms with Gasteiger partial charge in [0.05, 0.1) is 7.11 Å². The number of benzene rings is 1. The molecule has 0 fully saturated rings. The van der Waals surface area contributed by atoms with Crippen LogP contribution in [0.4, 0.5) is 13.2 Å². The van der Waals surface area contributed by atoms with Gasteiger partial charge in [0, 0.05) is 27.9 Å². The van der Waals surface area contributed by atoms with E-state index in [4.69, 9.17) is 4.74 Å². The molecule has 1 rings (SSSR count). The first-order valence-electron chi connectivity index (χ1n) is 4.62. The molecule has 1 radical (unpaired) electrons. The van der Waals surface area contributed by atoms with Crippen LogP contribution in [0.3, 0.4) is 0 Å². The van der Waals surface area contributed by atoms with Crippen LogP contribution in [0.5, 0.6) is 5.75 Å². The van der Waals surface area contributed by atoms with Gasteiger partial charge in [0.25, 0.3) is 0 Å². The van der Waals surface area contributed by atoms with Crippen LogP contribution in [-0.2, 0) is 27.2 Å². The summed E-state index contributed by atoms with van der Waals surface area (Å²) in [4.78, 5) is 22.3. The summed E-state index contributed by atoms with van der Waals surface area (Å²) in [5.41, 5.74) is -0.0833. The molecule has 0 bridgehead atoms. The van der Waals surface area contributed by atoms with Crippen molar-refractivity contribution in [1.29, 1.82) is 0 Å². The molecule has 103 valence electrons. The zero-order chi connectivity index (χ0) is 13.1. The Hall–Kier alpha value is -1.11. The average molecular weight is 354 g/mol. The largest absolute Gasteiger partial charge is 0.497 e. The van der Waals surface area contributed by atoms with E-state index in [1.807, 2.05) is 0 Å². The smallest absolute Gasteiger partial charge is 0.396 e. The van der Waals surface area contributed by atoms with Crippen molar-refractivity contribution in [3.8, 4) is 5.75 Å². The molecule has 0 N–H and O–H groups in total. The van der Waals surface area contributed by atoms with E-state index in [9.17, 15) is 22.8 Å². The summed E-state index contributed by atoms with van der Waals surface area (Å²) >= 11 is 0. The van der Waals surface area contributed by atoms with E-state index >= 15 is 0 Å². The number of ether oxygens (including phenoxy) is 1.